The van der Waals surface area contributed by atoms with E-state index in [1.54, 1.807) is 23.1 Å². The molecule has 2 aliphatic carbocycles. The first-order chi connectivity index (χ1) is 14.2. The molecule has 29 heavy (non-hydrogen) atoms. The normalized spacial score (nSPS) is 17.4. The van der Waals surface area contributed by atoms with Gasteiger partial charge in [0.2, 0.25) is 5.91 Å². The molecular formula is C22H31N3O2S2. The molecular weight excluding hydrogens is 402 g/mol. The van der Waals surface area contributed by atoms with Crippen LogP contribution in [-0.2, 0) is 23.4 Å². The minimum Gasteiger partial charge on any atom is -0.340 e. The number of fused-ring (bicyclic) bond motifs is 3. The lowest BCUT2D eigenvalue weighted by atomic mass is 9.94. The lowest BCUT2D eigenvalue weighted by molar-refractivity contribution is -0.133. The van der Waals surface area contributed by atoms with Crippen molar-refractivity contribution in [1.82, 2.24) is 14.9 Å². The smallest absolute Gasteiger partial charge is 0.259 e. The van der Waals surface area contributed by atoms with Crippen molar-refractivity contribution in [2.45, 2.75) is 82.9 Å². The molecule has 0 aliphatic heterocycles. The van der Waals surface area contributed by atoms with Crippen LogP contribution in [0.25, 0.3) is 10.2 Å². The molecule has 5 nitrogen and oxygen atoms in total. The topological polar surface area (TPSA) is 66.1 Å². The highest BCUT2D eigenvalue weighted by molar-refractivity contribution is 7.98. The Kier molecular flexibility index (Phi) is 6.96. The van der Waals surface area contributed by atoms with Gasteiger partial charge in [-0.15, -0.1) is 11.3 Å². The number of carbonyl (C=O) groups excluding carboxylic acids is 1. The summed E-state index contributed by atoms with van der Waals surface area (Å²) in [7, 11) is 0. The molecule has 2 aliphatic rings. The number of hydrogen-bond acceptors (Lipinski definition) is 5. The maximum Gasteiger partial charge on any atom is 0.259 e. The quantitative estimate of drug-likeness (QED) is 0.645. The maximum atomic E-state index is 12.7. The van der Waals surface area contributed by atoms with E-state index in [1.165, 1.54) is 42.5 Å². The zero-order valence-electron chi connectivity index (χ0n) is 17.3. The number of hydrogen-bond donors (Lipinski definition) is 1. The third-order valence-corrected chi connectivity index (χ3v) is 8.41. The van der Waals surface area contributed by atoms with Crippen LogP contribution < -0.4 is 5.56 Å². The molecule has 0 radical (unpaired) electrons. The SMILES string of the molecule is CCN(C(=O)CCSCc1nc2sc3c(c2c(=O)[nH]1)CCCC3)C1CCCCC1. The minimum atomic E-state index is 0.00975. The van der Waals surface area contributed by atoms with Crippen LogP contribution in [0.3, 0.4) is 0 Å². The summed E-state index contributed by atoms with van der Waals surface area (Å²) in [6.07, 6.45) is 11.1. The minimum absolute atomic E-state index is 0.00975. The van der Waals surface area contributed by atoms with Crippen LogP contribution in [0, 0.1) is 0 Å². The molecule has 0 saturated heterocycles. The Hall–Kier alpha value is -1.34. The zero-order chi connectivity index (χ0) is 20.2. The number of rotatable bonds is 7. The number of H-pyrrole nitrogens is 1. The lowest BCUT2D eigenvalue weighted by Crippen LogP contribution is -2.41. The predicted molar refractivity (Wildman–Crippen MR) is 122 cm³/mol. The highest BCUT2D eigenvalue weighted by atomic mass is 32.2. The third-order valence-electron chi connectivity index (χ3n) is 6.25. The second kappa shape index (κ2) is 9.65. The number of amides is 1. The Balaban J connectivity index is 1.33. The fraction of sp³-hybridized carbons (Fsp3) is 0.682. The van der Waals surface area contributed by atoms with Crippen molar-refractivity contribution in [3.05, 3.63) is 26.6 Å². The summed E-state index contributed by atoms with van der Waals surface area (Å²) in [6.45, 7) is 2.90. The summed E-state index contributed by atoms with van der Waals surface area (Å²) in [4.78, 5) is 37.3. The van der Waals surface area contributed by atoms with Crippen molar-refractivity contribution in [3.63, 3.8) is 0 Å². The molecule has 2 aromatic heterocycles. The molecule has 158 valence electrons. The fourth-order valence-corrected chi connectivity index (χ4v) is 6.85. The van der Waals surface area contributed by atoms with Gasteiger partial charge in [0.05, 0.1) is 11.1 Å². The second-order valence-corrected chi connectivity index (χ2v) is 10.4. The van der Waals surface area contributed by atoms with Crippen molar-refractivity contribution in [2.75, 3.05) is 12.3 Å². The maximum absolute atomic E-state index is 12.7. The van der Waals surface area contributed by atoms with Crippen molar-refractivity contribution >= 4 is 39.2 Å². The van der Waals surface area contributed by atoms with E-state index in [0.717, 1.165) is 54.0 Å². The Morgan fingerprint density at radius 1 is 1.21 bits per heavy atom. The molecule has 0 spiro atoms. The summed E-state index contributed by atoms with van der Waals surface area (Å²) in [5.74, 6) is 2.43. The predicted octanol–water partition coefficient (Wildman–Crippen LogP) is 4.67. The molecule has 1 fully saturated rings. The van der Waals surface area contributed by atoms with E-state index in [0.29, 0.717) is 18.2 Å². The van der Waals surface area contributed by atoms with Crippen LogP contribution in [0.1, 0.15) is 74.6 Å². The summed E-state index contributed by atoms with van der Waals surface area (Å²) in [6, 6.07) is 0.441. The van der Waals surface area contributed by atoms with E-state index in [9.17, 15) is 9.59 Å². The number of thiophene rings is 1. The van der Waals surface area contributed by atoms with E-state index in [1.807, 2.05) is 0 Å². The average Bonchev–Trinajstić information content (AvgIpc) is 3.11. The van der Waals surface area contributed by atoms with Gasteiger partial charge in [-0.25, -0.2) is 4.98 Å². The Bertz CT molecular complexity index is 915. The Morgan fingerprint density at radius 2 is 2.00 bits per heavy atom. The average molecular weight is 434 g/mol. The summed E-state index contributed by atoms with van der Waals surface area (Å²) in [5.41, 5.74) is 1.24. The zero-order valence-corrected chi connectivity index (χ0v) is 18.9. The van der Waals surface area contributed by atoms with Crippen LogP contribution in [0.2, 0.25) is 0 Å². The standard InChI is InChI=1S/C22H31N3O2S2/c1-2-25(15-8-4-3-5-9-15)19(26)12-13-28-14-18-23-21(27)20-16-10-6-7-11-17(16)29-22(20)24-18/h15H,2-14H2,1H3,(H,23,24,27). The highest BCUT2D eigenvalue weighted by Crippen LogP contribution is 2.33. The molecule has 1 saturated carbocycles. The monoisotopic (exact) mass is 433 g/mol. The largest absolute Gasteiger partial charge is 0.340 e. The fourth-order valence-electron chi connectivity index (χ4n) is 4.78. The van der Waals surface area contributed by atoms with Gasteiger partial charge >= 0.3 is 0 Å². The second-order valence-electron chi connectivity index (χ2n) is 8.18. The van der Waals surface area contributed by atoms with E-state index in [-0.39, 0.29) is 11.5 Å². The van der Waals surface area contributed by atoms with Gasteiger partial charge < -0.3 is 9.88 Å². The van der Waals surface area contributed by atoms with E-state index in [2.05, 4.69) is 16.8 Å². The van der Waals surface area contributed by atoms with Crippen molar-refractivity contribution in [3.8, 4) is 0 Å². The van der Waals surface area contributed by atoms with Gasteiger partial charge in [0.25, 0.3) is 5.56 Å². The molecule has 7 heteroatoms. The van der Waals surface area contributed by atoms with Crippen molar-refractivity contribution in [2.24, 2.45) is 0 Å². The van der Waals surface area contributed by atoms with Gasteiger partial charge in [-0.3, -0.25) is 9.59 Å². The van der Waals surface area contributed by atoms with Gasteiger partial charge in [0.15, 0.2) is 0 Å². The number of aromatic nitrogens is 2. The van der Waals surface area contributed by atoms with E-state index in [4.69, 9.17) is 4.98 Å². The number of nitrogens with zero attached hydrogens (tertiary/aromatic N) is 2. The number of carbonyl (C=O) groups is 1. The lowest BCUT2D eigenvalue weighted by Gasteiger charge is -2.33. The molecule has 2 heterocycles. The van der Waals surface area contributed by atoms with Crippen LogP contribution in [-0.4, -0.2) is 39.1 Å². The van der Waals surface area contributed by atoms with E-state index >= 15 is 0 Å². The molecule has 0 atom stereocenters. The van der Waals surface area contributed by atoms with Gasteiger partial charge in [0.1, 0.15) is 10.7 Å². The molecule has 0 bridgehead atoms. The highest BCUT2D eigenvalue weighted by Gasteiger charge is 2.24. The number of thioether (sulfide) groups is 1. The summed E-state index contributed by atoms with van der Waals surface area (Å²) < 4.78 is 0. The molecule has 1 N–H and O–H groups in total. The Morgan fingerprint density at radius 3 is 2.79 bits per heavy atom. The first-order valence-corrected chi connectivity index (χ1v) is 13.0. The van der Waals surface area contributed by atoms with Gasteiger partial charge in [-0.1, -0.05) is 19.3 Å². The number of aryl methyl sites for hydroxylation is 2. The number of nitrogens with one attached hydrogen (secondary N) is 1. The van der Waals surface area contributed by atoms with Crippen LogP contribution in [0.5, 0.6) is 0 Å². The van der Waals surface area contributed by atoms with Crippen molar-refractivity contribution < 1.29 is 4.79 Å². The molecule has 0 unspecified atom stereocenters. The first-order valence-electron chi connectivity index (χ1n) is 11.1. The van der Waals surface area contributed by atoms with Gasteiger partial charge in [-0.05, 0) is 51.0 Å². The van der Waals surface area contributed by atoms with Crippen LogP contribution >= 0.6 is 23.1 Å². The summed E-state index contributed by atoms with van der Waals surface area (Å²) in [5, 5.41) is 0.819. The third kappa shape index (κ3) is 4.71. The molecule has 1 amide bonds. The van der Waals surface area contributed by atoms with Crippen molar-refractivity contribution in [1.29, 1.82) is 0 Å². The first kappa shape index (κ1) is 20.9. The molecule has 0 aromatic carbocycles. The van der Waals surface area contributed by atoms with Crippen LogP contribution in [0.15, 0.2) is 4.79 Å². The molecule has 2 aromatic rings. The summed E-state index contributed by atoms with van der Waals surface area (Å²) >= 11 is 3.38. The van der Waals surface area contributed by atoms with Gasteiger partial charge in [0, 0.05) is 29.6 Å². The van der Waals surface area contributed by atoms with Crippen LogP contribution in [0.4, 0.5) is 0 Å². The number of aromatic amines is 1. The molecule has 4 rings (SSSR count). The Labute approximate surface area is 180 Å². The van der Waals surface area contributed by atoms with Gasteiger partial charge in [-0.2, -0.15) is 11.8 Å². The van der Waals surface area contributed by atoms with E-state index < -0.39 is 0 Å².